The van der Waals surface area contributed by atoms with Gasteiger partial charge in [0.2, 0.25) is 0 Å². The van der Waals surface area contributed by atoms with Gasteiger partial charge >= 0.3 is 0 Å². The topological polar surface area (TPSA) is 83.1 Å². The smallest absolute Gasteiger partial charge is 0.289 e. The standard InChI is InChI=1S/C20H25NO5/c1-15-12-17(13-25-16-6-3-2-4-7-16)26-18(15)19(23)21-10-5-8-20(24,14-22)9-11-21/h2-4,6-7,12,22,24H,5,8-11,13-14H2,1H3/t20-/m0/s1. The molecule has 1 aromatic carbocycles. The third-order valence-electron chi connectivity index (χ3n) is 4.79. The Morgan fingerprint density at radius 2 is 2.04 bits per heavy atom. The Morgan fingerprint density at radius 3 is 2.77 bits per heavy atom. The number of amides is 1. The van der Waals surface area contributed by atoms with Crippen LogP contribution >= 0.6 is 0 Å². The van der Waals surface area contributed by atoms with Crippen molar-refractivity contribution in [3.05, 3.63) is 53.5 Å². The van der Waals surface area contributed by atoms with Crippen molar-refractivity contribution in [3.63, 3.8) is 0 Å². The molecule has 2 aromatic rings. The van der Waals surface area contributed by atoms with E-state index < -0.39 is 5.60 Å². The van der Waals surface area contributed by atoms with Crippen LogP contribution in [0.15, 0.2) is 40.8 Å². The van der Waals surface area contributed by atoms with E-state index >= 15 is 0 Å². The Bertz CT molecular complexity index is 742. The summed E-state index contributed by atoms with van der Waals surface area (Å²) in [5.74, 6) is 1.46. The average Bonchev–Trinajstić information content (AvgIpc) is 2.91. The van der Waals surface area contributed by atoms with Gasteiger partial charge in [-0.2, -0.15) is 0 Å². The maximum Gasteiger partial charge on any atom is 0.289 e. The normalized spacial score (nSPS) is 20.7. The molecule has 2 heterocycles. The molecule has 6 nitrogen and oxygen atoms in total. The van der Waals surface area contributed by atoms with Crippen molar-refractivity contribution in [3.8, 4) is 5.75 Å². The fourth-order valence-electron chi connectivity index (χ4n) is 3.19. The lowest BCUT2D eigenvalue weighted by Crippen LogP contribution is -2.36. The van der Waals surface area contributed by atoms with Crippen molar-refractivity contribution < 1.29 is 24.2 Å². The highest BCUT2D eigenvalue weighted by atomic mass is 16.5. The first-order valence-corrected chi connectivity index (χ1v) is 8.90. The third-order valence-corrected chi connectivity index (χ3v) is 4.79. The first-order chi connectivity index (χ1) is 12.5. The highest BCUT2D eigenvalue weighted by molar-refractivity contribution is 5.93. The lowest BCUT2D eigenvalue weighted by molar-refractivity contribution is -0.0251. The van der Waals surface area contributed by atoms with Gasteiger partial charge in [0.05, 0.1) is 12.2 Å². The Balaban J connectivity index is 1.65. The van der Waals surface area contributed by atoms with Crippen molar-refractivity contribution in [1.29, 1.82) is 0 Å². The summed E-state index contributed by atoms with van der Waals surface area (Å²) in [6, 6.07) is 11.2. The van der Waals surface area contributed by atoms with Crippen LogP contribution in [0.4, 0.5) is 0 Å². The molecule has 3 rings (SSSR count). The summed E-state index contributed by atoms with van der Waals surface area (Å²) < 4.78 is 11.4. The second-order valence-electron chi connectivity index (χ2n) is 6.85. The molecule has 1 atom stereocenters. The number of rotatable bonds is 5. The highest BCUT2D eigenvalue weighted by Crippen LogP contribution is 2.24. The van der Waals surface area contributed by atoms with Gasteiger partial charge in [0, 0.05) is 18.7 Å². The summed E-state index contributed by atoms with van der Waals surface area (Å²) in [6.45, 7) is 2.74. The Morgan fingerprint density at radius 1 is 1.27 bits per heavy atom. The third kappa shape index (κ3) is 4.26. The van der Waals surface area contributed by atoms with Crippen LogP contribution in [0.25, 0.3) is 0 Å². The van der Waals surface area contributed by atoms with Gasteiger partial charge in [0.25, 0.3) is 5.91 Å². The van der Waals surface area contributed by atoms with Crippen LogP contribution in [0.2, 0.25) is 0 Å². The van der Waals surface area contributed by atoms with E-state index in [1.54, 1.807) is 4.90 Å². The lowest BCUT2D eigenvalue weighted by Gasteiger charge is -2.24. The number of aliphatic hydroxyl groups is 2. The fourth-order valence-corrected chi connectivity index (χ4v) is 3.19. The second-order valence-corrected chi connectivity index (χ2v) is 6.85. The number of likely N-dealkylation sites (tertiary alicyclic amines) is 1. The molecular weight excluding hydrogens is 334 g/mol. The molecule has 0 aliphatic carbocycles. The number of para-hydroxylation sites is 1. The summed E-state index contributed by atoms with van der Waals surface area (Å²) >= 11 is 0. The molecule has 1 amide bonds. The van der Waals surface area contributed by atoms with Gasteiger partial charge in [-0.05, 0) is 44.4 Å². The fraction of sp³-hybridized carbons (Fsp3) is 0.450. The number of nitrogens with zero attached hydrogens (tertiary/aromatic N) is 1. The SMILES string of the molecule is Cc1cc(COc2ccccc2)oc1C(=O)N1CCC[C@@](O)(CO)CC1. The van der Waals surface area contributed by atoms with Gasteiger partial charge in [0.15, 0.2) is 5.76 Å². The molecule has 6 heteroatoms. The van der Waals surface area contributed by atoms with Gasteiger partial charge < -0.3 is 24.3 Å². The van der Waals surface area contributed by atoms with Crippen molar-refractivity contribution in [2.24, 2.45) is 0 Å². The van der Waals surface area contributed by atoms with Crippen LogP contribution < -0.4 is 4.74 Å². The zero-order valence-electron chi connectivity index (χ0n) is 15.0. The summed E-state index contributed by atoms with van der Waals surface area (Å²) in [5.41, 5.74) is -0.328. The van der Waals surface area contributed by atoms with Gasteiger partial charge in [0.1, 0.15) is 18.1 Å². The number of aryl methyl sites for hydroxylation is 1. The quantitative estimate of drug-likeness (QED) is 0.857. The minimum absolute atomic E-state index is 0.185. The summed E-state index contributed by atoms with van der Waals surface area (Å²) in [4.78, 5) is 14.5. The summed E-state index contributed by atoms with van der Waals surface area (Å²) in [5, 5.41) is 19.6. The zero-order chi connectivity index (χ0) is 18.6. The molecule has 1 aliphatic rings. The van der Waals surface area contributed by atoms with E-state index in [1.165, 1.54) is 0 Å². The van der Waals surface area contributed by atoms with E-state index in [9.17, 15) is 15.0 Å². The minimum atomic E-state index is -1.10. The largest absolute Gasteiger partial charge is 0.486 e. The van der Waals surface area contributed by atoms with Gasteiger partial charge in [-0.1, -0.05) is 18.2 Å². The van der Waals surface area contributed by atoms with Crippen LogP contribution in [0.5, 0.6) is 5.75 Å². The number of aliphatic hydroxyl groups excluding tert-OH is 1. The Labute approximate surface area is 153 Å². The van der Waals surface area contributed by atoms with E-state index in [0.717, 1.165) is 11.3 Å². The molecule has 0 spiro atoms. The van der Waals surface area contributed by atoms with Crippen LogP contribution in [-0.4, -0.2) is 46.3 Å². The van der Waals surface area contributed by atoms with Crippen molar-refractivity contribution in [2.75, 3.05) is 19.7 Å². The molecule has 1 aromatic heterocycles. The van der Waals surface area contributed by atoms with Gasteiger partial charge in [-0.15, -0.1) is 0 Å². The average molecular weight is 359 g/mol. The summed E-state index contributed by atoms with van der Waals surface area (Å²) in [6.07, 6.45) is 1.49. The molecular formula is C20H25NO5. The molecule has 140 valence electrons. The monoisotopic (exact) mass is 359 g/mol. The molecule has 0 bridgehead atoms. The van der Waals surface area contributed by atoms with Crippen LogP contribution in [0.3, 0.4) is 0 Å². The highest BCUT2D eigenvalue weighted by Gasteiger charge is 2.32. The Hall–Kier alpha value is -2.31. The number of ether oxygens (including phenoxy) is 1. The number of furan rings is 1. The lowest BCUT2D eigenvalue weighted by atomic mass is 9.96. The van der Waals surface area contributed by atoms with E-state index in [1.807, 2.05) is 43.3 Å². The molecule has 1 saturated heterocycles. The predicted molar refractivity (Wildman–Crippen MR) is 96.0 cm³/mol. The first kappa shape index (κ1) is 18.5. The molecule has 26 heavy (non-hydrogen) atoms. The number of benzene rings is 1. The maximum absolute atomic E-state index is 12.8. The maximum atomic E-state index is 12.8. The molecule has 1 fully saturated rings. The van der Waals surface area contributed by atoms with Crippen LogP contribution in [0, 0.1) is 6.92 Å². The second kappa shape index (κ2) is 7.93. The van der Waals surface area contributed by atoms with Crippen LogP contribution in [0.1, 0.15) is 41.1 Å². The predicted octanol–water partition coefficient (Wildman–Crippen LogP) is 2.52. The molecule has 0 unspecified atom stereocenters. The minimum Gasteiger partial charge on any atom is -0.486 e. The molecule has 1 aliphatic heterocycles. The summed E-state index contributed by atoms with van der Waals surface area (Å²) in [7, 11) is 0. The number of carbonyl (C=O) groups is 1. The van der Waals surface area contributed by atoms with E-state index in [0.29, 0.717) is 43.9 Å². The molecule has 2 N–H and O–H groups in total. The Kier molecular flexibility index (Phi) is 5.64. The van der Waals surface area contributed by atoms with Gasteiger partial charge in [-0.25, -0.2) is 0 Å². The van der Waals surface area contributed by atoms with Gasteiger partial charge in [-0.3, -0.25) is 4.79 Å². The van der Waals surface area contributed by atoms with Crippen molar-refractivity contribution >= 4 is 5.91 Å². The van der Waals surface area contributed by atoms with Crippen molar-refractivity contribution in [2.45, 2.75) is 38.4 Å². The molecule has 0 saturated carbocycles. The van der Waals surface area contributed by atoms with E-state index in [-0.39, 0.29) is 19.1 Å². The number of carbonyl (C=O) groups excluding carboxylic acids is 1. The zero-order valence-corrected chi connectivity index (χ0v) is 15.0. The van der Waals surface area contributed by atoms with E-state index in [2.05, 4.69) is 0 Å². The van der Waals surface area contributed by atoms with Crippen LogP contribution in [-0.2, 0) is 6.61 Å². The van der Waals surface area contributed by atoms with E-state index in [4.69, 9.17) is 9.15 Å². The molecule has 0 radical (unpaired) electrons. The number of hydrogen-bond donors (Lipinski definition) is 2. The number of hydrogen-bond acceptors (Lipinski definition) is 5. The first-order valence-electron chi connectivity index (χ1n) is 8.90. The van der Waals surface area contributed by atoms with Crippen molar-refractivity contribution in [1.82, 2.24) is 4.90 Å².